The summed E-state index contributed by atoms with van der Waals surface area (Å²) in [6.45, 7) is -0.661. The Labute approximate surface area is 353 Å². The van der Waals surface area contributed by atoms with Crippen LogP contribution in [0.1, 0.15) is 6.92 Å². The SMILES string of the molecule is C[C@@H]1O[C@@H](OC[C@@H]2O[C@@H](Oc3c(-c4ccc(O)c(O)c4)oc4cc(O[C@@H]5O[C@@H](CO)[C@H](O)[C@H](O)[C@@H]5O[C@H]5OC[C@H](O)[C@H](O)[C@@H]5O)cc(O)c4c3=O)[C@@H](O)[C@@H](O)[C@H]2O)[C@H](O)[C@@H](O)[C@H]1O. The molecule has 350 valence electrons. The second-order valence-electron chi connectivity index (χ2n) is 15.4. The fourth-order valence-electron chi connectivity index (χ4n) is 7.38. The van der Waals surface area contributed by atoms with E-state index in [1.807, 2.05) is 0 Å². The molecule has 0 radical (unpaired) electrons. The quantitative estimate of drug-likeness (QED) is 0.0797. The summed E-state index contributed by atoms with van der Waals surface area (Å²) in [6.07, 6.45) is -32.7. The molecule has 7 rings (SSSR count). The fourth-order valence-corrected chi connectivity index (χ4v) is 7.38. The number of fused-ring (bicyclic) bond motifs is 1. The molecule has 0 unspecified atom stereocenters. The molecule has 5 heterocycles. The third-order valence-corrected chi connectivity index (χ3v) is 11.1. The number of aliphatic hydroxyl groups is 12. The molecule has 25 heteroatoms. The molecule has 19 atom stereocenters. The van der Waals surface area contributed by atoms with E-state index in [9.17, 15) is 81.4 Å². The van der Waals surface area contributed by atoms with Crippen LogP contribution in [0.25, 0.3) is 22.3 Å². The van der Waals surface area contributed by atoms with Gasteiger partial charge in [-0.25, -0.2) is 0 Å². The number of phenols is 3. The van der Waals surface area contributed by atoms with Crippen LogP contribution in [0, 0.1) is 0 Å². The fraction of sp³-hybridized carbons (Fsp3) is 0.605. The lowest BCUT2D eigenvalue weighted by Gasteiger charge is -2.44. The zero-order valence-electron chi connectivity index (χ0n) is 32.8. The second-order valence-corrected chi connectivity index (χ2v) is 15.4. The molecule has 3 aromatic rings. The van der Waals surface area contributed by atoms with Crippen molar-refractivity contribution in [2.75, 3.05) is 19.8 Å². The molecular weight excluding hydrogens is 856 g/mol. The molecule has 0 spiro atoms. The van der Waals surface area contributed by atoms with Crippen LogP contribution in [0.3, 0.4) is 0 Å². The number of phenolic OH excluding ortho intramolecular Hbond substituents is 3. The number of aromatic hydroxyl groups is 3. The van der Waals surface area contributed by atoms with Crippen molar-refractivity contribution < 1.29 is 119 Å². The molecule has 0 amide bonds. The molecule has 4 aliphatic heterocycles. The van der Waals surface area contributed by atoms with Gasteiger partial charge in [-0.3, -0.25) is 4.79 Å². The van der Waals surface area contributed by atoms with Crippen LogP contribution < -0.4 is 14.9 Å². The summed E-state index contributed by atoms with van der Waals surface area (Å²) in [6, 6.07) is 5.01. The lowest BCUT2D eigenvalue weighted by Crippen LogP contribution is -2.63. The summed E-state index contributed by atoms with van der Waals surface area (Å²) in [5.74, 6) is -3.94. The molecular formula is C38H48O25. The Morgan fingerprint density at radius 2 is 1.29 bits per heavy atom. The van der Waals surface area contributed by atoms with Crippen LogP contribution in [0.15, 0.2) is 39.5 Å². The normalized spacial score (nSPS) is 39.9. The third-order valence-electron chi connectivity index (χ3n) is 11.1. The van der Waals surface area contributed by atoms with Crippen molar-refractivity contribution in [2.45, 2.75) is 124 Å². The van der Waals surface area contributed by atoms with Gasteiger partial charge in [-0.05, 0) is 25.1 Å². The minimum Gasteiger partial charge on any atom is -0.507 e. The third kappa shape index (κ3) is 9.12. The van der Waals surface area contributed by atoms with Crippen molar-refractivity contribution in [1.82, 2.24) is 0 Å². The van der Waals surface area contributed by atoms with Gasteiger partial charge >= 0.3 is 0 Å². The lowest BCUT2D eigenvalue weighted by atomic mass is 9.98. The Kier molecular flexibility index (Phi) is 14.0. The van der Waals surface area contributed by atoms with Crippen LogP contribution in [0.2, 0.25) is 0 Å². The maximum atomic E-state index is 14.3. The minimum absolute atomic E-state index is 0.167. The Bertz CT molecular complexity index is 2120. The van der Waals surface area contributed by atoms with Crippen LogP contribution in [0.5, 0.6) is 28.7 Å². The van der Waals surface area contributed by atoms with Crippen LogP contribution in [-0.4, -0.2) is 213 Å². The molecule has 0 bridgehead atoms. The first kappa shape index (κ1) is 46.9. The average Bonchev–Trinajstić information content (AvgIpc) is 3.25. The Morgan fingerprint density at radius 1 is 0.635 bits per heavy atom. The molecule has 4 saturated heterocycles. The molecule has 1 aromatic heterocycles. The molecule has 2 aromatic carbocycles. The van der Waals surface area contributed by atoms with Gasteiger partial charge in [0, 0.05) is 17.7 Å². The van der Waals surface area contributed by atoms with Crippen molar-refractivity contribution in [2.24, 2.45) is 0 Å². The monoisotopic (exact) mass is 904 g/mol. The van der Waals surface area contributed by atoms with Crippen molar-refractivity contribution in [1.29, 1.82) is 0 Å². The summed E-state index contributed by atoms with van der Waals surface area (Å²) >= 11 is 0. The molecule has 0 saturated carbocycles. The van der Waals surface area contributed by atoms with Crippen molar-refractivity contribution >= 4 is 11.0 Å². The smallest absolute Gasteiger partial charge is 0.239 e. The summed E-state index contributed by atoms with van der Waals surface area (Å²) in [7, 11) is 0. The minimum atomic E-state index is -2.10. The number of hydrogen-bond acceptors (Lipinski definition) is 25. The van der Waals surface area contributed by atoms with E-state index >= 15 is 0 Å². The molecule has 25 nitrogen and oxygen atoms in total. The highest BCUT2D eigenvalue weighted by atomic mass is 16.8. The molecule has 0 aliphatic carbocycles. The van der Waals surface area contributed by atoms with E-state index in [0.29, 0.717) is 0 Å². The van der Waals surface area contributed by atoms with Gasteiger partial charge in [0.25, 0.3) is 0 Å². The molecule has 4 aliphatic rings. The second kappa shape index (κ2) is 18.8. The molecule has 15 N–H and O–H groups in total. The highest BCUT2D eigenvalue weighted by molar-refractivity contribution is 5.88. The topological polar surface area (TPSA) is 408 Å². The maximum absolute atomic E-state index is 14.3. The van der Waals surface area contributed by atoms with E-state index in [1.54, 1.807) is 0 Å². The highest BCUT2D eigenvalue weighted by Gasteiger charge is 2.51. The Balaban J connectivity index is 1.21. The first-order chi connectivity index (χ1) is 29.8. The van der Waals surface area contributed by atoms with Gasteiger partial charge < -0.3 is 119 Å². The van der Waals surface area contributed by atoms with E-state index in [4.69, 9.17) is 42.3 Å². The zero-order valence-corrected chi connectivity index (χ0v) is 32.8. The van der Waals surface area contributed by atoms with E-state index in [0.717, 1.165) is 24.3 Å². The first-order valence-corrected chi connectivity index (χ1v) is 19.4. The van der Waals surface area contributed by atoms with Gasteiger partial charge in [-0.1, -0.05) is 0 Å². The standard InChI is InChI=1S/C38H48O25/c1-10-21(44)26(49)30(53)35(57-10)56-9-19-24(47)27(50)31(54)37(61-19)62-33-25(48)20-15(42)5-12(6-17(20)59-32(33)11-2-3-13(40)14(41)4-11)58-38-34(28(51)23(46)18(7-39)60-38)63-36-29(52)22(45)16(43)8-55-36/h2-6,10,16,18-19,21-24,26-31,34-47,49-54H,7-9H2,1H3/t10-,16-,18-,19-,21-,22-,23-,24-,26-,27-,28-,29-,30+,31-,34-,35+,36+,37-,38+/m0/s1. The van der Waals surface area contributed by atoms with Crippen molar-refractivity contribution in [3.8, 4) is 40.1 Å². The van der Waals surface area contributed by atoms with Crippen molar-refractivity contribution in [3.63, 3.8) is 0 Å². The predicted molar refractivity (Wildman–Crippen MR) is 200 cm³/mol. The predicted octanol–water partition coefficient (Wildman–Crippen LogP) is -5.75. The number of ether oxygens (including phenoxy) is 8. The number of rotatable bonds is 11. The first-order valence-electron chi connectivity index (χ1n) is 19.4. The largest absolute Gasteiger partial charge is 0.507 e. The zero-order chi connectivity index (χ0) is 45.8. The highest BCUT2D eigenvalue weighted by Crippen LogP contribution is 2.41. The van der Waals surface area contributed by atoms with E-state index in [-0.39, 0.29) is 11.3 Å². The van der Waals surface area contributed by atoms with Crippen LogP contribution in [0.4, 0.5) is 0 Å². The van der Waals surface area contributed by atoms with Gasteiger partial charge in [0.15, 0.2) is 35.9 Å². The van der Waals surface area contributed by atoms with Crippen molar-refractivity contribution in [3.05, 3.63) is 40.6 Å². The molecule has 63 heavy (non-hydrogen) atoms. The van der Waals surface area contributed by atoms with E-state index < -0.39 is 182 Å². The average molecular weight is 905 g/mol. The number of aliphatic hydroxyl groups excluding tert-OH is 12. The summed E-state index contributed by atoms with van der Waals surface area (Å²) in [5.41, 5.74) is -1.81. The van der Waals surface area contributed by atoms with Gasteiger partial charge in [0.1, 0.15) is 102 Å². The van der Waals surface area contributed by atoms with Gasteiger partial charge in [-0.2, -0.15) is 0 Å². The molecule has 4 fully saturated rings. The number of benzene rings is 2. The van der Waals surface area contributed by atoms with Gasteiger partial charge in [0.2, 0.25) is 23.8 Å². The maximum Gasteiger partial charge on any atom is 0.239 e. The van der Waals surface area contributed by atoms with Gasteiger partial charge in [-0.15, -0.1) is 0 Å². The van der Waals surface area contributed by atoms with Gasteiger partial charge in [0.05, 0.1) is 25.9 Å². The Hall–Kier alpha value is -4.07. The summed E-state index contributed by atoms with van der Waals surface area (Å²) in [4.78, 5) is 14.3. The van der Waals surface area contributed by atoms with E-state index in [2.05, 4.69) is 0 Å². The summed E-state index contributed by atoms with van der Waals surface area (Å²) in [5, 5.41) is 156. The van der Waals surface area contributed by atoms with E-state index in [1.165, 1.54) is 13.0 Å². The number of hydrogen-bond donors (Lipinski definition) is 15. The van der Waals surface area contributed by atoms with Crippen LogP contribution in [-0.2, 0) is 28.4 Å². The Morgan fingerprint density at radius 3 is 1.98 bits per heavy atom. The van der Waals surface area contributed by atoms with Crippen LogP contribution >= 0.6 is 0 Å². The lowest BCUT2D eigenvalue weighted by molar-refractivity contribution is -0.344. The summed E-state index contributed by atoms with van der Waals surface area (Å²) < 4.78 is 50.8.